The first-order valence-electron chi connectivity index (χ1n) is 13.8. The lowest BCUT2D eigenvalue weighted by atomic mass is 9.87. The number of nitrogens with zero attached hydrogens (tertiary/aromatic N) is 3. The Balaban J connectivity index is 1.82. The summed E-state index contributed by atoms with van der Waals surface area (Å²) in [6, 6.07) is 18.9. The van der Waals surface area contributed by atoms with Crippen LogP contribution in [0.3, 0.4) is 0 Å². The molecule has 0 saturated carbocycles. The zero-order valence-corrected chi connectivity index (χ0v) is 26.4. The van der Waals surface area contributed by atoms with Crippen LogP contribution in [0, 0.1) is 0 Å². The quantitative estimate of drug-likeness (QED) is 0.187. The highest BCUT2D eigenvalue weighted by molar-refractivity contribution is 7.92. The van der Waals surface area contributed by atoms with Gasteiger partial charge < -0.3 is 18.9 Å². The molecule has 0 spiro atoms. The summed E-state index contributed by atoms with van der Waals surface area (Å²) in [5, 5.41) is 0. The van der Waals surface area contributed by atoms with E-state index in [9.17, 15) is 8.42 Å². The molecule has 2 aromatic heterocycles. The second-order valence-electron chi connectivity index (χ2n) is 11.7. The van der Waals surface area contributed by atoms with Crippen molar-refractivity contribution < 1.29 is 27.4 Å². The predicted octanol–water partition coefficient (Wildman–Crippen LogP) is 6.63. The number of para-hydroxylation sites is 2. The van der Waals surface area contributed by atoms with E-state index in [0.29, 0.717) is 17.2 Å². The molecular formula is C32H38N4O6S. The van der Waals surface area contributed by atoms with E-state index in [2.05, 4.69) is 40.4 Å². The molecule has 0 bridgehead atoms. The normalized spacial score (nSPS) is 12.1. The second-order valence-corrected chi connectivity index (χ2v) is 13.4. The summed E-state index contributed by atoms with van der Waals surface area (Å²) >= 11 is 0. The van der Waals surface area contributed by atoms with Crippen molar-refractivity contribution >= 4 is 15.8 Å². The first-order chi connectivity index (χ1) is 20.3. The number of nitrogens with one attached hydrogen (secondary N) is 1. The van der Waals surface area contributed by atoms with Gasteiger partial charge in [0.2, 0.25) is 5.75 Å². The maximum Gasteiger partial charge on any atom is 0.263 e. The van der Waals surface area contributed by atoms with E-state index in [4.69, 9.17) is 18.9 Å². The van der Waals surface area contributed by atoms with Crippen molar-refractivity contribution in [3.63, 3.8) is 0 Å². The van der Waals surface area contributed by atoms with Gasteiger partial charge in [-0.3, -0.25) is 9.71 Å². The molecule has 0 saturated heterocycles. The van der Waals surface area contributed by atoms with Gasteiger partial charge >= 0.3 is 0 Å². The van der Waals surface area contributed by atoms with Gasteiger partial charge in [-0.2, -0.15) is 4.98 Å². The summed E-state index contributed by atoms with van der Waals surface area (Å²) in [5.41, 5.74) is 0.892. The number of methoxy groups -OCH3 is 1. The van der Waals surface area contributed by atoms with Gasteiger partial charge in [0.1, 0.15) is 12.3 Å². The Morgan fingerprint density at radius 1 is 0.814 bits per heavy atom. The van der Waals surface area contributed by atoms with Gasteiger partial charge in [-0.05, 0) is 68.1 Å². The molecule has 11 heteroatoms. The number of sulfonamides is 1. The maximum absolute atomic E-state index is 13.7. The predicted molar refractivity (Wildman–Crippen MR) is 165 cm³/mol. The van der Waals surface area contributed by atoms with Crippen LogP contribution in [0.4, 0.5) is 5.82 Å². The topological polar surface area (TPSA) is 122 Å². The van der Waals surface area contributed by atoms with Gasteiger partial charge in [0, 0.05) is 6.20 Å². The molecule has 1 N–H and O–H groups in total. The number of ether oxygens (including phenoxy) is 4. The van der Waals surface area contributed by atoms with Crippen molar-refractivity contribution in [1.29, 1.82) is 0 Å². The zero-order valence-electron chi connectivity index (χ0n) is 25.5. The lowest BCUT2D eigenvalue weighted by Crippen LogP contribution is -2.23. The molecule has 2 aromatic carbocycles. The molecule has 4 aromatic rings. The van der Waals surface area contributed by atoms with Gasteiger partial charge in [-0.15, -0.1) is 0 Å². The lowest BCUT2D eigenvalue weighted by molar-refractivity contribution is -0.0170. The van der Waals surface area contributed by atoms with Crippen molar-refractivity contribution in [2.24, 2.45) is 0 Å². The molecule has 0 amide bonds. The minimum Gasteiger partial charge on any atom is -0.493 e. The van der Waals surface area contributed by atoms with Crippen molar-refractivity contribution in [3.8, 4) is 34.6 Å². The maximum atomic E-state index is 13.7. The number of benzene rings is 2. The lowest BCUT2D eigenvalue weighted by Gasteiger charge is -2.21. The Labute approximate surface area is 253 Å². The fraction of sp³-hybridized carbons (Fsp3) is 0.344. The Kier molecular flexibility index (Phi) is 9.56. The fourth-order valence-electron chi connectivity index (χ4n) is 3.92. The molecule has 0 radical (unpaired) electrons. The number of hydrogen-bond acceptors (Lipinski definition) is 9. The van der Waals surface area contributed by atoms with Crippen LogP contribution in [0.5, 0.6) is 23.1 Å². The smallest absolute Gasteiger partial charge is 0.263 e. The van der Waals surface area contributed by atoms with Crippen LogP contribution in [-0.2, 0) is 20.2 Å². The Morgan fingerprint density at radius 3 is 2.09 bits per heavy atom. The highest BCUT2D eigenvalue weighted by atomic mass is 32.2. The van der Waals surface area contributed by atoms with Gasteiger partial charge in [-0.1, -0.05) is 51.1 Å². The van der Waals surface area contributed by atoms with Gasteiger partial charge in [0.25, 0.3) is 15.9 Å². The summed E-state index contributed by atoms with van der Waals surface area (Å²) in [4.78, 5) is 13.5. The molecule has 2 heterocycles. The number of rotatable bonds is 11. The molecule has 228 valence electrons. The van der Waals surface area contributed by atoms with Crippen LogP contribution >= 0.6 is 0 Å². The van der Waals surface area contributed by atoms with E-state index in [0.717, 1.165) is 5.56 Å². The van der Waals surface area contributed by atoms with Crippen LogP contribution in [0.15, 0.2) is 77.8 Å². The monoisotopic (exact) mass is 606 g/mol. The standard InChI is InChI=1S/C32H38N4O6S/c1-31(2,3)22-15-17-23(18-16-22)43(37,38)36-29-27(42-26-14-9-8-13-25(26)39-7)30(40-20-21-41-32(4,5)6)35-28(34-29)24-12-10-11-19-33-24/h8-19H,20-21H2,1-7H3,(H,34,35,36). The van der Waals surface area contributed by atoms with Gasteiger partial charge in [0.15, 0.2) is 23.1 Å². The third-order valence-electron chi connectivity index (χ3n) is 6.13. The van der Waals surface area contributed by atoms with Crippen LogP contribution < -0.4 is 18.9 Å². The second kappa shape index (κ2) is 13.0. The van der Waals surface area contributed by atoms with Crippen LogP contribution in [0.1, 0.15) is 47.1 Å². The van der Waals surface area contributed by atoms with Crippen molar-refractivity contribution in [1.82, 2.24) is 15.0 Å². The number of anilines is 1. The molecule has 0 aliphatic rings. The van der Waals surface area contributed by atoms with Crippen molar-refractivity contribution in [2.75, 3.05) is 25.0 Å². The first kappa shape index (κ1) is 31.7. The van der Waals surface area contributed by atoms with E-state index in [1.54, 1.807) is 72.9 Å². The minimum absolute atomic E-state index is 0.000140. The number of hydrogen-bond donors (Lipinski definition) is 1. The highest BCUT2D eigenvalue weighted by Crippen LogP contribution is 2.41. The van der Waals surface area contributed by atoms with E-state index in [1.165, 1.54) is 7.11 Å². The fourth-order valence-corrected chi connectivity index (χ4v) is 4.92. The molecule has 10 nitrogen and oxygen atoms in total. The summed E-state index contributed by atoms with van der Waals surface area (Å²) in [6.07, 6.45) is 1.59. The Hall–Kier alpha value is -4.22. The molecular weight excluding hydrogens is 568 g/mol. The molecule has 0 unspecified atom stereocenters. The molecule has 0 aliphatic carbocycles. The van der Waals surface area contributed by atoms with Gasteiger partial charge in [0.05, 0.1) is 24.2 Å². The molecule has 0 atom stereocenters. The molecule has 4 rings (SSSR count). The average molecular weight is 607 g/mol. The Bertz CT molecular complexity index is 1630. The van der Waals surface area contributed by atoms with E-state index in [-0.39, 0.29) is 52.4 Å². The summed E-state index contributed by atoms with van der Waals surface area (Å²) in [6.45, 7) is 12.4. The largest absolute Gasteiger partial charge is 0.493 e. The van der Waals surface area contributed by atoms with E-state index < -0.39 is 10.0 Å². The van der Waals surface area contributed by atoms with Gasteiger partial charge in [-0.25, -0.2) is 13.4 Å². The van der Waals surface area contributed by atoms with Crippen LogP contribution in [0.25, 0.3) is 11.5 Å². The van der Waals surface area contributed by atoms with Crippen molar-refractivity contribution in [3.05, 3.63) is 78.5 Å². The zero-order chi connectivity index (χ0) is 31.3. The average Bonchev–Trinajstić information content (AvgIpc) is 2.96. The number of aromatic nitrogens is 3. The third-order valence-corrected chi connectivity index (χ3v) is 7.48. The van der Waals surface area contributed by atoms with E-state index >= 15 is 0 Å². The van der Waals surface area contributed by atoms with Crippen LogP contribution in [0.2, 0.25) is 0 Å². The Morgan fingerprint density at radius 2 is 1.49 bits per heavy atom. The van der Waals surface area contributed by atoms with Crippen molar-refractivity contribution in [2.45, 2.75) is 57.5 Å². The summed E-state index contributed by atoms with van der Waals surface area (Å²) in [7, 11) is -2.61. The number of pyridine rings is 1. The molecule has 43 heavy (non-hydrogen) atoms. The third kappa shape index (κ3) is 8.42. The summed E-state index contributed by atoms with van der Waals surface area (Å²) in [5.74, 6) is 0.693. The molecule has 0 aliphatic heterocycles. The first-order valence-corrected chi connectivity index (χ1v) is 15.3. The molecule has 0 fully saturated rings. The summed E-state index contributed by atoms with van der Waals surface area (Å²) < 4.78 is 53.5. The van der Waals surface area contributed by atoms with Crippen LogP contribution in [-0.4, -0.2) is 49.3 Å². The minimum atomic E-state index is -4.12. The SMILES string of the molecule is COc1ccccc1Oc1c(NS(=O)(=O)c2ccc(C(C)(C)C)cc2)nc(-c2ccccn2)nc1OCCOC(C)(C)C. The van der Waals surface area contributed by atoms with E-state index in [1.807, 2.05) is 20.8 Å². The highest BCUT2D eigenvalue weighted by Gasteiger charge is 2.26.